The Kier molecular flexibility index (Phi) is 4.68. The normalized spacial score (nSPS) is 10.3. The predicted molar refractivity (Wildman–Crippen MR) is 96.2 cm³/mol. The minimum atomic E-state index is 0.0122. The third kappa shape index (κ3) is 3.96. The van der Waals surface area contributed by atoms with Crippen molar-refractivity contribution in [1.29, 1.82) is 0 Å². The fraction of sp³-hybridized carbons (Fsp3) is 0.111. The second-order valence-electron chi connectivity index (χ2n) is 5.01. The lowest BCUT2D eigenvalue weighted by atomic mass is 10.2. The summed E-state index contributed by atoms with van der Waals surface area (Å²) in [6.07, 6.45) is 0.474. The maximum atomic E-state index is 11.4. The molecular formula is C18H17N3OS. The first-order chi connectivity index (χ1) is 11.2. The molecule has 4 nitrogen and oxygen atoms in total. The Morgan fingerprint density at radius 1 is 1.04 bits per heavy atom. The molecule has 1 amide bonds. The monoisotopic (exact) mass is 323 g/mol. The summed E-state index contributed by atoms with van der Waals surface area (Å²) < 4.78 is 0. The summed E-state index contributed by atoms with van der Waals surface area (Å²) in [7, 11) is 0. The van der Waals surface area contributed by atoms with Crippen molar-refractivity contribution in [3.8, 4) is 11.3 Å². The first-order valence-corrected chi connectivity index (χ1v) is 8.30. The SMILES string of the molecule is CCC(=O)Nc1ccc(Nc2nc(-c3ccccc3)cs2)cc1. The molecule has 0 saturated heterocycles. The predicted octanol–water partition coefficient (Wildman–Crippen LogP) is 4.90. The van der Waals surface area contributed by atoms with Crippen molar-refractivity contribution in [2.45, 2.75) is 13.3 Å². The van der Waals surface area contributed by atoms with Crippen LogP contribution in [0.25, 0.3) is 11.3 Å². The van der Waals surface area contributed by atoms with E-state index < -0.39 is 0 Å². The van der Waals surface area contributed by atoms with Gasteiger partial charge in [-0.05, 0) is 24.3 Å². The zero-order valence-electron chi connectivity index (χ0n) is 12.7. The summed E-state index contributed by atoms with van der Waals surface area (Å²) in [6.45, 7) is 1.83. The van der Waals surface area contributed by atoms with Crippen LogP contribution in [-0.4, -0.2) is 10.9 Å². The fourth-order valence-corrected chi connectivity index (χ4v) is 2.82. The van der Waals surface area contributed by atoms with Crippen LogP contribution >= 0.6 is 11.3 Å². The quantitative estimate of drug-likeness (QED) is 0.702. The second kappa shape index (κ2) is 7.07. The molecule has 1 heterocycles. The number of benzene rings is 2. The van der Waals surface area contributed by atoms with Crippen molar-refractivity contribution in [1.82, 2.24) is 4.98 Å². The van der Waals surface area contributed by atoms with Gasteiger partial charge in [0.25, 0.3) is 0 Å². The van der Waals surface area contributed by atoms with Crippen molar-refractivity contribution in [3.05, 3.63) is 60.0 Å². The fourth-order valence-electron chi connectivity index (χ4n) is 2.08. The summed E-state index contributed by atoms with van der Waals surface area (Å²) in [5.74, 6) is 0.0122. The van der Waals surface area contributed by atoms with E-state index in [4.69, 9.17) is 0 Å². The average Bonchev–Trinajstić information content (AvgIpc) is 3.06. The Labute approximate surface area is 139 Å². The summed E-state index contributed by atoms with van der Waals surface area (Å²) in [4.78, 5) is 16.0. The molecule has 1 aromatic heterocycles. The number of nitrogens with zero attached hydrogens (tertiary/aromatic N) is 1. The van der Waals surface area contributed by atoms with Gasteiger partial charge in [-0.3, -0.25) is 4.79 Å². The number of thiazole rings is 1. The third-order valence-corrected chi connectivity index (χ3v) is 4.07. The van der Waals surface area contributed by atoms with Crippen LogP contribution in [0.3, 0.4) is 0 Å². The highest BCUT2D eigenvalue weighted by atomic mass is 32.1. The van der Waals surface area contributed by atoms with Gasteiger partial charge in [0.05, 0.1) is 5.69 Å². The van der Waals surface area contributed by atoms with Gasteiger partial charge in [-0.25, -0.2) is 4.98 Å². The first-order valence-electron chi connectivity index (χ1n) is 7.42. The topological polar surface area (TPSA) is 54.0 Å². The van der Waals surface area contributed by atoms with E-state index in [1.54, 1.807) is 11.3 Å². The molecule has 0 aliphatic carbocycles. The summed E-state index contributed by atoms with van der Waals surface area (Å²) in [5.41, 5.74) is 3.80. The van der Waals surface area contributed by atoms with E-state index in [0.717, 1.165) is 27.8 Å². The highest BCUT2D eigenvalue weighted by molar-refractivity contribution is 7.14. The molecule has 3 aromatic rings. The third-order valence-electron chi connectivity index (χ3n) is 3.31. The van der Waals surface area contributed by atoms with E-state index in [1.165, 1.54) is 0 Å². The Balaban J connectivity index is 1.68. The van der Waals surface area contributed by atoms with Crippen molar-refractivity contribution in [2.24, 2.45) is 0 Å². The highest BCUT2D eigenvalue weighted by Crippen LogP contribution is 2.27. The number of aromatic nitrogens is 1. The minimum Gasteiger partial charge on any atom is -0.332 e. The van der Waals surface area contributed by atoms with Gasteiger partial charge >= 0.3 is 0 Å². The molecule has 0 aliphatic rings. The molecule has 0 aliphatic heterocycles. The van der Waals surface area contributed by atoms with Crippen LogP contribution in [0.1, 0.15) is 13.3 Å². The van der Waals surface area contributed by atoms with Crippen molar-refractivity contribution in [2.75, 3.05) is 10.6 Å². The zero-order chi connectivity index (χ0) is 16.1. The van der Waals surface area contributed by atoms with Crippen LogP contribution < -0.4 is 10.6 Å². The van der Waals surface area contributed by atoms with Crippen molar-refractivity contribution < 1.29 is 4.79 Å². The average molecular weight is 323 g/mol. The van der Waals surface area contributed by atoms with E-state index in [1.807, 2.05) is 66.9 Å². The van der Waals surface area contributed by atoms with E-state index in [-0.39, 0.29) is 5.91 Å². The van der Waals surface area contributed by atoms with E-state index >= 15 is 0 Å². The minimum absolute atomic E-state index is 0.0122. The molecule has 0 atom stereocenters. The number of carbonyl (C=O) groups is 1. The Morgan fingerprint density at radius 3 is 2.43 bits per heavy atom. The van der Waals surface area contributed by atoms with Crippen molar-refractivity contribution >= 4 is 33.8 Å². The lowest BCUT2D eigenvalue weighted by molar-refractivity contribution is -0.115. The van der Waals surface area contributed by atoms with E-state index in [2.05, 4.69) is 15.6 Å². The van der Waals surface area contributed by atoms with Gasteiger partial charge in [-0.2, -0.15) is 0 Å². The van der Waals surface area contributed by atoms with Gasteiger partial charge in [0.1, 0.15) is 0 Å². The highest BCUT2D eigenvalue weighted by Gasteiger charge is 2.05. The summed E-state index contributed by atoms with van der Waals surface area (Å²) in [5, 5.41) is 8.99. The van der Waals surface area contributed by atoms with Crippen LogP contribution in [0.4, 0.5) is 16.5 Å². The zero-order valence-corrected chi connectivity index (χ0v) is 13.6. The van der Waals surface area contributed by atoms with Crippen LogP contribution in [0.2, 0.25) is 0 Å². The van der Waals surface area contributed by atoms with Crippen molar-refractivity contribution in [3.63, 3.8) is 0 Å². The number of hydrogen-bond acceptors (Lipinski definition) is 4. The Hall–Kier alpha value is -2.66. The molecule has 2 N–H and O–H groups in total. The molecule has 0 bridgehead atoms. The van der Waals surface area contributed by atoms with Gasteiger partial charge in [0.15, 0.2) is 5.13 Å². The van der Waals surface area contributed by atoms with Gasteiger partial charge in [-0.1, -0.05) is 37.3 Å². The van der Waals surface area contributed by atoms with E-state index in [0.29, 0.717) is 6.42 Å². The van der Waals surface area contributed by atoms with Gasteiger partial charge in [0, 0.05) is 28.7 Å². The lowest BCUT2D eigenvalue weighted by Crippen LogP contribution is -2.09. The van der Waals surface area contributed by atoms with Crippen LogP contribution in [0.15, 0.2) is 60.0 Å². The summed E-state index contributed by atoms with van der Waals surface area (Å²) >= 11 is 1.57. The number of rotatable bonds is 5. The molecule has 2 aromatic carbocycles. The number of carbonyl (C=O) groups excluding carboxylic acids is 1. The van der Waals surface area contributed by atoms with E-state index in [9.17, 15) is 4.79 Å². The van der Waals surface area contributed by atoms with Gasteiger partial charge in [-0.15, -0.1) is 11.3 Å². The number of hydrogen-bond donors (Lipinski definition) is 2. The summed E-state index contributed by atoms with van der Waals surface area (Å²) in [6, 6.07) is 17.7. The molecule has 3 rings (SSSR count). The first kappa shape index (κ1) is 15.2. The Bertz CT molecular complexity index is 782. The maximum absolute atomic E-state index is 11.4. The molecule has 0 fully saturated rings. The largest absolute Gasteiger partial charge is 0.332 e. The van der Waals surface area contributed by atoms with Crippen LogP contribution in [0.5, 0.6) is 0 Å². The molecule has 5 heteroatoms. The van der Waals surface area contributed by atoms with Crippen LogP contribution in [0, 0.1) is 0 Å². The molecule has 0 saturated carbocycles. The van der Waals surface area contributed by atoms with Gasteiger partial charge in [0.2, 0.25) is 5.91 Å². The molecule has 0 radical (unpaired) electrons. The number of amides is 1. The Morgan fingerprint density at radius 2 is 1.74 bits per heavy atom. The maximum Gasteiger partial charge on any atom is 0.224 e. The molecule has 116 valence electrons. The smallest absolute Gasteiger partial charge is 0.224 e. The molecule has 23 heavy (non-hydrogen) atoms. The molecule has 0 unspecified atom stereocenters. The number of nitrogens with one attached hydrogen (secondary N) is 2. The molecule has 0 spiro atoms. The standard InChI is InChI=1S/C18H17N3OS/c1-2-17(22)19-14-8-10-15(11-9-14)20-18-21-16(12-23-18)13-6-4-3-5-7-13/h3-12H,2H2,1H3,(H,19,22)(H,20,21). The lowest BCUT2D eigenvalue weighted by Gasteiger charge is -2.06. The molecular weight excluding hydrogens is 306 g/mol. The number of anilines is 3. The second-order valence-corrected chi connectivity index (χ2v) is 5.87. The van der Waals surface area contributed by atoms with Gasteiger partial charge < -0.3 is 10.6 Å². The van der Waals surface area contributed by atoms with Crippen LogP contribution in [-0.2, 0) is 4.79 Å².